The van der Waals surface area contributed by atoms with Crippen LogP contribution in [0.15, 0.2) is 30.3 Å². The molecule has 0 radical (unpaired) electrons. The van der Waals surface area contributed by atoms with E-state index in [0.717, 1.165) is 27.3 Å². The van der Waals surface area contributed by atoms with Crippen molar-refractivity contribution in [3.8, 4) is 10.4 Å². The molecule has 3 heterocycles. The van der Waals surface area contributed by atoms with Crippen molar-refractivity contribution in [2.75, 3.05) is 6.54 Å². The van der Waals surface area contributed by atoms with Crippen LogP contribution in [0.25, 0.3) is 10.4 Å². The molecule has 2 atom stereocenters. The number of carbonyl (C=O) groups excluding carboxylic acids is 2. The molecule has 1 aromatic carbocycles. The lowest BCUT2D eigenvalue weighted by atomic mass is 9.97. The SMILES string of the molecule is CCc1ccccc1-c1cc2c(s1)C(C(N)=O)N1CC2N(O)C1=O. The second-order valence-corrected chi connectivity index (χ2v) is 7.12. The summed E-state index contributed by atoms with van der Waals surface area (Å²) in [6, 6.07) is 8.28. The maximum Gasteiger partial charge on any atom is 0.345 e. The number of rotatable bonds is 3. The summed E-state index contributed by atoms with van der Waals surface area (Å²) in [5.41, 5.74) is 8.70. The maximum atomic E-state index is 12.1. The Bertz CT molecular complexity index is 847. The number of hydrogen-bond acceptors (Lipinski definition) is 4. The molecule has 2 aliphatic heterocycles. The third-order valence-corrected chi connectivity index (χ3v) is 5.99. The zero-order valence-electron chi connectivity index (χ0n) is 13.1. The van der Waals surface area contributed by atoms with Crippen LogP contribution in [-0.4, -0.2) is 33.7 Å². The zero-order valence-corrected chi connectivity index (χ0v) is 13.9. The Kier molecular flexibility index (Phi) is 3.36. The van der Waals surface area contributed by atoms with Crippen LogP contribution in [0.1, 0.15) is 35.0 Å². The Balaban J connectivity index is 1.88. The number of primary amides is 1. The average Bonchev–Trinajstić information content (AvgIpc) is 3.12. The number of fused-ring (bicyclic) bond motifs is 4. The van der Waals surface area contributed by atoms with E-state index in [-0.39, 0.29) is 6.54 Å². The lowest BCUT2D eigenvalue weighted by Gasteiger charge is -2.27. The van der Waals surface area contributed by atoms with Crippen LogP contribution >= 0.6 is 11.3 Å². The molecule has 2 bridgehead atoms. The molecule has 24 heavy (non-hydrogen) atoms. The Morgan fingerprint density at radius 2 is 2.17 bits per heavy atom. The number of aryl methyl sites for hydroxylation is 1. The van der Waals surface area contributed by atoms with Crippen LogP contribution in [0.2, 0.25) is 0 Å². The lowest BCUT2D eigenvalue weighted by Crippen LogP contribution is -2.40. The third kappa shape index (κ3) is 1.98. The van der Waals surface area contributed by atoms with Gasteiger partial charge in [-0.05, 0) is 29.2 Å². The van der Waals surface area contributed by atoms with Gasteiger partial charge < -0.3 is 10.6 Å². The largest absolute Gasteiger partial charge is 0.368 e. The van der Waals surface area contributed by atoms with Crippen molar-refractivity contribution in [3.05, 3.63) is 46.3 Å². The van der Waals surface area contributed by atoms with E-state index in [1.165, 1.54) is 21.8 Å². The molecular formula is C17H17N3O3S. The van der Waals surface area contributed by atoms with E-state index in [9.17, 15) is 14.8 Å². The molecule has 3 amide bonds. The van der Waals surface area contributed by atoms with Gasteiger partial charge in [-0.3, -0.25) is 10.0 Å². The molecular weight excluding hydrogens is 326 g/mol. The minimum atomic E-state index is -0.812. The summed E-state index contributed by atoms with van der Waals surface area (Å²) in [4.78, 5) is 27.2. The van der Waals surface area contributed by atoms with E-state index in [1.807, 2.05) is 18.2 Å². The van der Waals surface area contributed by atoms with E-state index in [2.05, 4.69) is 19.1 Å². The first-order valence-corrected chi connectivity index (χ1v) is 8.64. The van der Waals surface area contributed by atoms with Crippen LogP contribution in [0.5, 0.6) is 0 Å². The number of nitrogens with two attached hydrogens (primary N) is 1. The van der Waals surface area contributed by atoms with Gasteiger partial charge >= 0.3 is 6.03 Å². The summed E-state index contributed by atoms with van der Waals surface area (Å²) < 4.78 is 0. The van der Waals surface area contributed by atoms with Crippen molar-refractivity contribution < 1.29 is 14.8 Å². The first-order chi connectivity index (χ1) is 11.5. The lowest BCUT2D eigenvalue weighted by molar-refractivity contribution is -0.122. The van der Waals surface area contributed by atoms with Gasteiger partial charge in [-0.15, -0.1) is 11.3 Å². The molecule has 124 valence electrons. The van der Waals surface area contributed by atoms with Gasteiger partial charge in [0.05, 0.1) is 6.54 Å². The monoisotopic (exact) mass is 343 g/mol. The summed E-state index contributed by atoms with van der Waals surface area (Å²) in [5, 5.41) is 10.8. The van der Waals surface area contributed by atoms with E-state index in [4.69, 9.17) is 5.73 Å². The number of hydrogen-bond donors (Lipinski definition) is 2. The molecule has 7 heteroatoms. The van der Waals surface area contributed by atoms with Gasteiger partial charge in [-0.25, -0.2) is 4.79 Å². The Morgan fingerprint density at radius 1 is 1.42 bits per heavy atom. The van der Waals surface area contributed by atoms with E-state index in [1.54, 1.807) is 0 Å². The average molecular weight is 343 g/mol. The highest BCUT2D eigenvalue weighted by Crippen LogP contribution is 2.48. The van der Waals surface area contributed by atoms with Gasteiger partial charge in [0.1, 0.15) is 12.1 Å². The topological polar surface area (TPSA) is 86.9 Å². The van der Waals surface area contributed by atoms with Gasteiger partial charge in [-0.1, -0.05) is 31.2 Å². The fourth-order valence-corrected chi connectivity index (χ4v) is 4.97. The molecule has 2 aliphatic rings. The van der Waals surface area contributed by atoms with Gasteiger partial charge in [0, 0.05) is 9.75 Å². The Morgan fingerprint density at radius 3 is 2.88 bits per heavy atom. The van der Waals surface area contributed by atoms with Crippen LogP contribution in [0.4, 0.5) is 4.79 Å². The first kappa shape index (κ1) is 15.2. The molecule has 1 aromatic heterocycles. The molecule has 2 aromatic rings. The minimum absolute atomic E-state index is 0.279. The predicted octanol–water partition coefficient (Wildman–Crippen LogP) is 2.69. The summed E-state index contributed by atoms with van der Waals surface area (Å²) in [6.07, 6.45) is 0.901. The van der Waals surface area contributed by atoms with Crippen LogP contribution < -0.4 is 5.73 Å². The van der Waals surface area contributed by atoms with Gasteiger partial charge in [-0.2, -0.15) is 5.06 Å². The number of hydroxylamine groups is 2. The Hall–Kier alpha value is -2.38. The van der Waals surface area contributed by atoms with Crippen LogP contribution in [0.3, 0.4) is 0 Å². The third-order valence-electron chi connectivity index (χ3n) is 4.75. The number of amides is 3. The highest BCUT2D eigenvalue weighted by atomic mass is 32.1. The molecule has 4 rings (SSSR count). The fourth-order valence-electron chi connectivity index (χ4n) is 3.57. The van der Waals surface area contributed by atoms with E-state index < -0.39 is 24.0 Å². The second-order valence-electron chi connectivity index (χ2n) is 6.04. The van der Waals surface area contributed by atoms with Gasteiger partial charge in [0.2, 0.25) is 5.91 Å². The van der Waals surface area contributed by atoms with Crippen molar-refractivity contribution in [1.82, 2.24) is 9.96 Å². The van der Waals surface area contributed by atoms with E-state index >= 15 is 0 Å². The Labute approximate surface area is 143 Å². The van der Waals surface area contributed by atoms with Crippen molar-refractivity contribution in [1.29, 1.82) is 0 Å². The summed E-state index contributed by atoms with van der Waals surface area (Å²) in [6.45, 7) is 2.38. The zero-order chi connectivity index (χ0) is 17.0. The quantitative estimate of drug-likeness (QED) is 0.840. The van der Waals surface area contributed by atoms with Crippen LogP contribution in [0, 0.1) is 0 Å². The van der Waals surface area contributed by atoms with E-state index in [0.29, 0.717) is 5.06 Å². The number of urea groups is 1. The van der Waals surface area contributed by atoms with Gasteiger partial charge in [0.25, 0.3) is 0 Å². The summed E-state index contributed by atoms with van der Waals surface area (Å²) in [7, 11) is 0. The molecule has 3 N–H and O–H groups in total. The fraction of sp³-hybridized carbons (Fsp3) is 0.294. The second kappa shape index (κ2) is 5.32. The van der Waals surface area contributed by atoms with Crippen LogP contribution in [-0.2, 0) is 11.2 Å². The smallest absolute Gasteiger partial charge is 0.345 e. The predicted molar refractivity (Wildman–Crippen MR) is 89.5 cm³/mol. The minimum Gasteiger partial charge on any atom is -0.368 e. The molecule has 0 saturated carbocycles. The van der Waals surface area contributed by atoms with Crippen molar-refractivity contribution in [2.24, 2.45) is 5.73 Å². The molecule has 1 fully saturated rings. The van der Waals surface area contributed by atoms with Gasteiger partial charge in [0.15, 0.2) is 0 Å². The number of benzene rings is 1. The van der Waals surface area contributed by atoms with Crippen molar-refractivity contribution in [2.45, 2.75) is 25.4 Å². The van der Waals surface area contributed by atoms with Crippen molar-refractivity contribution >= 4 is 23.3 Å². The normalized spacial score (nSPS) is 22.0. The molecule has 2 unspecified atom stereocenters. The first-order valence-electron chi connectivity index (χ1n) is 7.82. The molecule has 0 spiro atoms. The molecule has 0 aliphatic carbocycles. The molecule has 6 nitrogen and oxygen atoms in total. The molecule has 1 saturated heterocycles. The number of thiophene rings is 1. The standard InChI is InChI=1S/C17H17N3O3S/c1-2-9-5-3-4-6-10(9)13-7-11-12-8-19(17(22)20(12)23)14(16(18)21)15(11)24-13/h3-7,12,14,23H,2,8H2,1H3,(H2,18,21). The highest BCUT2D eigenvalue weighted by Gasteiger charge is 2.50. The van der Waals surface area contributed by atoms with Crippen molar-refractivity contribution in [3.63, 3.8) is 0 Å². The summed E-state index contributed by atoms with van der Waals surface area (Å²) >= 11 is 1.47. The maximum absolute atomic E-state index is 12.1. The number of nitrogens with zero attached hydrogens (tertiary/aromatic N) is 2. The number of carbonyl (C=O) groups is 2. The summed E-state index contributed by atoms with van der Waals surface area (Å²) in [5.74, 6) is -0.574. The highest BCUT2D eigenvalue weighted by molar-refractivity contribution is 7.16.